The Morgan fingerprint density at radius 3 is 1.76 bits per heavy atom. The second-order valence-corrected chi connectivity index (χ2v) is 7.55. The molecule has 0 aliphatic carbocycles. The molecule has 0 rings (SSSR count). The Kier molecular flexibility index (Phi) is 17.7. The first-order valence-electron chi connectivity index (χ1n) is 10.6. The van der Waals surface area contributed by atoms with Gasteiger partial charge in [-0.05, 0) is 25.2 Å². The molecule has 0 bridgehead atoms. The normalized spacial score (nSPS) is 13.7. The molecule has 0 amide bonds. The summed E-state index contributed by atoms with van der Waals surface area (Å²) in [6.45, 7) is 2.05. The number of carbonyl (C=O) groups is 1. The molecular formula is C21H42O4. The molecule has 0 aliphatic rings. The van der Waals surface area contributed by atoms with Crippen molar-refractivity contribution in [2.75, 3.05) is 6.61 Å². The number of aliphatic hydroxyl groups excluding tert-OH is 2. The van der Waals surface area contributed by atoms with Crippen LogP contribution in [0.1, 0.15) is 110 Å². The van der Waals surface area contributed by atoms with Crippen LogP contribution in [-0.2, 0) is 4.79 Å². The summed E-state index contributed by atoms with van der Waals surface area (Å²) in [5.41, 5.74) is 0. The van der Waals surface area contributed by atoms with E-state index in [4.69, 9.17) is 10.2 Å². The molecule has 0 fully saturated rings. The van der Waals surface area contributed by atoms with Crippen molar-refractivity contribution in [3.8, 4) is 0 Å². The first kappa shape index (κ1) is 24.4. The number of hydrogen-bond acceptors (Lipinski definition) is 3. The molecule has 150 valence electrons. The predicted molar refractivity (Wildman–Crippen MR) is 104 cm³/mol. The number of hydrogen-bond donors (Lipinski definition) is 3. The second kappa shape index (κ2) is 18.2. The molecule has 25 heavy (non-hydrogen) atoms. The van der Waals surface area contributed by atoms with Crippen LogP contribution in [0.5, 0.6) is 0 Å². The third kappa shape index (κ3) is 18.0. The molecule has 0 saturated carbocycles. The molecule has 3 N–H and O–H groups in total. The lowest BCUT2D eigenvalue weighted by atomic mass is 9.90. The van der Waals surface area contributed by atoms with Crippen molar-refractivity contribution in [3.63, 3.8) is 0 Å². The highest BCUT2D eigenvalue weighted by Gasteiger charge is 2.14. The van der Waals surface area contributed by atoms with Gasteiger partial charge in [0, 0.05) is 6.42 Å². The van der Waals surface area contributed by atoms with Gasteiger partial charge >= 0.3 is 5.97 Å². The maximum absolute atomic E-state index is 10.6. The minimum atomic E-state index is -0.754. The van der Waals surface area contributed by atoms with Crippen LogP contribution in [0, 0.1) is 5.92 Å². The molecule has 0 saturated heterocycles. The maximum atomic E-state index is 10.6. The summed E-state index contributed by atoms with van der Waals surface area (Å²) in [4.78, 5) is 10.6. The van der Waals surface area contributed by atoms with Gasteiger partial charge in [0.25, 0.3) is 0 Å². The number of rotatable bonds is 19. The topological polar surface area (TPSA) is 77.8 Å². The summed E-state index contributed by atoms with van der Waals surface area (Å²) in [5, 5.41) is 27.4. The lowest BCUT2D eigenvalue weighted by molar-refractivity contribution is -0.137. The first-order valence-corrected chi connectivity index (χ1v) is 10.6. The van der Waals surface area contributed by atoms with Crippen molar-refractivity contribution < 1.29 is 20.1 Å². The molecule has 2 atom stereocenters. The number of carboxylic acid groups (broad SMARTS) is 1. The Balaban J connectivity index is 3.63. The van der Waals surface area contributed by atoms with E-state index in [9.17, 15) is 9.90 Å². The fourth-order valence-electron chi connectivity index (χ4n) is 3.48. The second-order valence-electron chi connectivity index (χ2n) is 7.55. The van der Waals surface area contributed by atoms with Gasteiger partial charge in [0.1, 0.15) is 0 Å². The molecule has 0 spiro atoms. The smallest absolute Gasteiger partial charge is 0.303 e. The molecule has 0 radical (unpaired) electrons. The third-order valence-electron chi connectivity index (χ3n) is 5.04. The molecule has 0 heterocycles. The monoisotopic (exact) mass is 358 g/mol. The van der Waals surface area contributed by atoms with Crippen LogP contribution in [0.4, 0.5) is 0 Å². The van der Waals surface area contributed by atoms with Crippen LogP contribution in [0.2, 0.25) is 0 Å². The van der Waals surface area contributed by atoms with Crippen molar-refractivity contribution in [2.45, 2.75) is 116 Å². The van der Waals surface area contributed by atoms with E-state index in [-0.39, 0.29) is 13.0 Å². The van der Waals surface area contributed by atoms with E-state index in [0.717, 1.165) is 19.3 Å². The molecule has 4 heteroatoms. The molecular weight excluding hydrogens is 316 g/mol. The Hall–Kier alpha value is -0.610. The van der Waals surface area contributed by atoms with E-state index < -0.39 is 12.1 Å². The summed E-state index contributed by atoms with van der Waals surface area (Å²) in [6, 6.07) is 0. The van der Waals surface area contributed by atoms with Crippen molar-refractivity contribution in [1.82, 2.24) is 0 Å². The zero-order valence-electron chi connectivity index (χ0n) is 16.4. The maximum Gasteiger partial charge on any atom is 0.303 e. The molecule has 0 aliphatic heterocycles. The standard InChI is InChI=1S/C21H42O4/c1-2-3-4-5-6-7-8-9-10-11-12-14-19(17-20(23)18-22)15-13-16-21(24)25/h19-20,22-23H,2-18H2,1H3,(H,24,25). The molecule has 2 unspecified atom stereocenters. The molecule has 0 aromatic carbocycles. The predicted octanol–water partition coefficient (Wildman–Crippen LogP) is 5.30. The highest BCUT2D eigenvalue weighted by atomic mass is 16.4. The largest absolute Gasteiger partial charge is 0.481 e. The van der Waals surface area contributed by atoms with Gasteiger partial charge in [-0.3, -0.25) is 4.79 Å². The lowest BCUT2D eigenvalue weighted by Crippen LogP contribution is -2.18. The Morgan fingerprint density at radius 2 is 1.28 bits per heavy atom. The van der Waals surface area contributed by atoms with Crippen LogP contribution >= 0.6 is 0 Å². The SMILES string of the molecule is CCCCCCCCCCCCCC(CCCC(=O)O)CC(O)CO. The van der Waals surface area contributed by atoms with E-state index in [1.165, 1.54) is 64.2 Å². The Bertz CT molecular complexity index is 294. The first-order chi connectivity index (χ1) is 12.1. The van der Waals surface area contributed by atoms with Gasteiger partial charge < -0.3 is 15.3 Å². The Morgan fingerprint density at radius 1 is 0.800 bits per heavy atom. The van der Waals surface area contributed by atoms with E-state index in [1.54, 1.807) is 0 Å². The van der Waals surface area contributed by atoms with Gasteiger partial charge in [-0.2, -0.15) is 0 Å². The lowest BCUT2D eigenvalue weighted by Gasteiger charge is -2.19. The van der Waals surface area contributed by atoms with Crippen LogP contribution in [0.25, 0.3) is 0 Å². The molecule has 4 nitrogen and oxygen atoms in total. The van der Waals surface area contributed by atoms with Crippen LogP contribution in [-0.4, -0.2) is 34.0 Å². The summed E-state index contributed by atoms with van der Waals surface area (Å²) in [7, 11) is 0. The van der Waals surface area contributed by atoms with Crippen molar-refractivity contribution in [3.05, 3.63) is 0 Å². The van der Waals surface area contributed by atoms with Gasteiger partial charge in [0.2, 0.25) is 0 Å². The minimum absolute atomic E-state index is 0.198. The summed E-state index contributed by atoms with van der Waals surface area (Å²) < 4.78 is 0. The van der Waals surface area contributed by atoms with Crippen molar-refractivity contribution >= 4 is 5.97 Å². The van der Waals surface area contributed by atoms with Crippen LogP contribution in [0.3, 0.4) is 0 Å². The van der Waals surface area contributed by atoms with Gasteiger partial charge in [0.05, 0.1) is 12.7 Å². The average molecular weight is 359 g/mol. The van der Waals surface area contributed by atoms with Gasteiger partial charge in [-0.1, -0.05) is 84.0 Å². The van der Waals surface area contributed by atoms with E-state index in [2.05, 4.69) is 6.92 Å². The summed E-state index contributed by atoms with van der Waals surface area (Å²) in [5.74, 6) is -0.420. The summed E-state index contributed by atoms with van der Waals surface area (Å²) in [6.07, 6.45) is 17.2. The fraction of sp³-hybridized carbons (Fsp3) is 0.952. The number of unbranched alkanes of at least 4 members (excludes halogenated alkanes) is 10. The Labute approximate surface area is 155 Å². The fourth-order valence-corrected chi connectivity index (χ4v) is 3.48. The zero-order valence-corrected chi connectivity index (χ0v) is 16.4. The highest BCUT2D eigenvalue weighted by Crippen LogP contribution is 2.22. The average Bonchev–Trinajstić information content (AvgIpc) is 2.58. The van der Waals surface area contributed by atoms with E-state index in [0.29, 0.717) is 18.8 Å². The quantitative estimate of drug-likeness (QED) is 0.274. The zero-order chi connectivity index (χ0) is 18.8. The summed E-state index contributed by atoms with van der Waals surface area (Å²) >= 11 is 0. The number of carboxylic acids is 1. The van der Waals surface area contributed by atoms with Gasteiger partial charge in [-0.15, -0.1) is 0 Å². The third-order valence-corrected chi connectivity index (χ3v) is 5.04. The molecule has 0 aromatic heterocycles. The van der Waals surface area contributed by atoms with E-state index in [1.807, 2.05) is 0 Å². The van der Waals surface area contributed by atoms with Gasteiger partial charge in [-0.25, -0.2) is 0 Å². The van der Waals surface area contributed by atoms with Crippen LogP contribution in [0.15, 0.2) is 0 Å². The van der Waals surface area contributed by atoms with Crippen molar-refractivity contribution in [1.29, 1.82) is 0 Å². The highest BCUT2D eigenvalue weighted by molar-refractivity contribution is 5.66. The number of aliphatic carboxylic acids is 1. The van der Waals surface area contributed by atoms with Crippen molar-refractivity contribution in [2.24, 2.45) is 5.92 Å². The molecule has 0 aromatic rings. The number of aliphatic hydroxyl groups is 2. The minimum Gasteiger partial charge on any atom is -0.481 e. The van der Waals surface area contributed by atoms with Crippen LogP contribution < -0.4 is 0 Å². The van der Waals surface area contributed by atoms with Gasteiger partial charge in [0.15, 0.2) is 0 Å². The van der Waals surface area contributed by atoms with E-state index >= 15 is 0 Å².